The van der Waals surface area contributed by atoms with Crippen molar-refractivity contribution in [3.8, 4) is 6.07 Å². The minimum atomic E-state index is -0.296. The van der Waals surface area contributed by atoms with Gasteiger partial charge in [-0.2, -0.15) is 5.26 Å². The molecule has 0 spiro atoms. The lowest BCUT2D eigenvalue weighted by atomic mass is 10.0. The Kier molecular flexibility index (Phi) is 3.21. The van der Waals surface area contributed by atoms with Crippen LogP contribution in [0.15, 0.2) is 12.1 Å². The highest BCUT2D eigenvalue weighted by Crippen LogP contribution is 2.16. The quantitative estimate of drug-likeness (QED) is 0.717. The molecule has 1 rings (SSSR count). The number of hydrogen-bond donors (Lipinski definition) is 0. The van der Waals surface area contributed by atoms with Crippen molar-refractivity contribution in [2.45, 2.75) is 13.5 Å². The van der Waals surface area contributed by atoms with Gasteiger partial charge in [-0.3, -0.25) is 0 Å². The van der Waals surface area contributed by atoms with Crippen molar-refractivity contribution in [2.75, 3.05) is 14.1 Å². The Morgan fingerprint density at radius 2 is 2.07 bits per heavy atom. The Labute approximate surface area is 83.6 Å². The first-order valence-corrected chi connectivity index (χ1v) is 4.38. The lowest BCUT2D eigenvalue weighted by molar-refractivity contribution is 0.391. The molecular formula is C11H13FN2. The van der Waals surface area contributed by atoms with Crippen LogP contribution >= 0.6 is 0 Å². The number of hydrogen-bond acceptors (Lipinski definition) is 2. The summed E-state index contributed by atoms with van der Waals surface area (Å²) >= 11 is 0. The average Bonchev–Trinajstić information content (AvgIpc) is 2.10. The Hall–Kier alpha value is -1.40. The molecule has 0 heterocycles. The molecule has 0 aliphatic rings. The van der Waals surface area contributed by atoms with Crippen LogP contribution in [0.3, 0.4) is 0 Å². The fraction of sp³-hybridized carbons (Fsp3) is 0.364. The van der Waals surface area contributed by atoms with Crippen molar-refractivity contribution in [3.05, 3.63) is 34.6 Å². The molecule has 14 heavy (non-hydrogen) atoms. The van der Waals surface area contributed by atoms with E-state index >= 15 is 0 Å². The third kappa shape index (κ3) is 2.30. The first-order chi connectivity index (χ1) is 6.54. The first kappa shape index (κ1) is 10.7. The van der Waals surface area contributed by atoms with Crippen molar-refractivity contribution in [1.29, 1.82) is 5.26 Å². The van der Waals surface area contributed by atoms with Crippen LogP contribution in [0.4, 0.5) is 4.39 Å². The number of rotatable bonds is 2. The van der Waals surface area contributed by atoms with Gasteiger partial charge in [0, 0.05) is 12.1 Å². The third-order valence-electron chi connectivity index (χ3n) is 2.02. The van der Waals surface area contributed by atoms with Gasteiger partial charge in [0.2, 0.25) is 0 Å². The number of aryl methyl sites for hydroxylation is 1. The number of nitriles is 1. The molecule has 0 amide bonds. The SMILES string of the molecule is Cc1cc(C#N)cc(F)c1CN(C)C. The highest BCUT2D eigenvalue weighted by Gasteiger charge is 2.08. The average molecular weight is 192 g/mol. The fourth-order valence-corrected chi connectivity index (χ4v) is 1.36. The van der Waals surface area contributed by atoms with Crippen LogP contribution in [0.5, 0.6) is 0 Å². The van der Waals surface area contributed by atoms with Gasteiger partial charge in [-0.1, -0.05) is 0 Å². The second kappa shape index (κ2) is 4.21. The van der Waals surface area contributed by atoms with E-state index in [0.717, 1.165) is 5.56 Å². The molecule has 0 aromatic heterocycles. The van der Waals surface area contributed by atoms with E-state index in [-0.39, 0.29) is 5.82 Å². The summed E-state index contributed by atoms with van der Waals surface area (Å²) < 4.78 is 13.5. The summed E-state index contributed by atoms with van der Waals surface area (Å²) in [5.74, 6) is -0.296. The van der Waals surface area contributed by atoms with Crippen molar-refractivity contribution < 1.29 is 4.39 Å². The summed E-state index contributed by atoms with van der Waals surface area (Å²) in [6.45, 7) is 2.38. The summed E-state index contributed by atoms with van der Waals surface area (Å²) in [4.78, 5) is 1.90. The zero-order valence-corrected chi connectivity index (χ0v) is 8.63. The van der Waals surface area contributed by atoms with Gasteiger partial charge in [-0.15, -0.1) is 0 Å². The predicted molar refractivity (Wildman–Crippen MR) is 53.2 cm³/mol. The lowest BCUT2D eigenvalue weighted by Gasteiger charge is -2.13. The van der Waals surface area contributed by atoms with Crippen LogP contribution in [0.25, 0.3) is 0 Å². The molecule has 0 saturated carbocycles. The predicted octanol–water partition coefficient (Wildman–Crippen LogP) is 2.07. The molecule has 0 saturated heterocycles. The van der Waals surface area contributed by atoms with Crippen LogP contribution in [0.2, 0.25) is 0 Å². The van der Waals surface area contributed by atoms with Gasteiger partial charge in [0.15, 0.2) is 0 Å². The topological polar surface area (TPSA) is 27.0 Å². The van der Waals surface area contributed by atoms with E-state index in [4.69, 9.17) is 5.26 Å². The molecule has 1 aromatic carbocycles. The zero-order valence-electron chi connectivity index (χ0n) is 8.63. The molecule has 0 radical (unpaired) electrons. The van der Waals surface area contributed by atoms with Gasteiger partial charge in [-0.25, -0.2) is 4.39 Å². The van der Waals surface area contributed by atoms with Crippen LogP contribution < -0.4 is 0 Å². The second-order valence-electron chi connectivity index (χ2n) is 3.60. The van der Waals surface area contributed by atoms with E-state index in [0.29, 0.717) is 17.7 Å². The van der Waals surface area contributed by atoms with Crippen LogP contribution in [-0.2, 0) is 6.54 Å². The monoisotopic (exact) mass is 192 g/mol. The van der Waals surface area contributed by atoms with Gasteiger partial charge in [0.1, 0.15) is 5.82 Å². The second-order valence-corrected chi connectivity index (χ2v) is 3.60. The van der Waals surface area contributed by atoms with Crippen molar-refractivity contribution in [3.63, 3.8) is 0 Å². The standard InChI is InChI=1S/C11H13FN2/c1-8-4-9(6-13)5-11(12)10(8)7-14(2)3/h4-5H,7H2,1-3H3. The van der Waals surface area contributed by atoms with Crippen molar-refractivity contribution in [1.82, 2.24) is 4.90 Å². The molecule has 2 nitrogen and oxygen atoms in total. The Bertz CT molecular complexity index is 354. The number of halogens is 1. The molecule has 0 unspecified atom stereocenters. The van der Waals surface area contributed by atoms with Crippen molar-refractivity contribution in [2.24, 2.45) is 0 Å². The van der Waals surface area contributed by atoms with E-state index in [2.05, 4.69) is 0 Å². The number of benzene rings is 1. The Morgan fingerprint density at radius 1 is 1.43 bits per heavy atom. The molecule has 0 aliphatic carbocycles. The summed E-state index contributed by atoms with van der Waals surface area (Å²) in [5, 5.41) is 8.63. The van der Waals surface area contributed by atoms with Crippen LogP contribution in [-0.4, -0.2) is 19.0 Å². The molecule has 0 atom stereocenters. The Morgan fingerprint density at radius 3 is 2.50 bits per heavy atom. The van der Waals surface area contributed by atoms with E-state index in [1.165, 1.54) is 6.07 Å². The largest absolute Gasteiger partial charge is 0.305 e. The molecule has 3 heteroatoms. The normalized spacial score (nSPS) is 10.3. The maximum absolute atomic E-state index is 13.5. The van der Waals surface area contributed by atoms with E-state index in [1.54, 1.807) is 6.07 Å². The van der Waals surface area contributed by atoms with Crippen LogP contribution in [0.1, 0.15) is 16.7 Å². The lowest BCUT2D eigenvalue weighted by Crippen LogP contribution is -2.13. The maximum atomic E-state index is 13.5. The molecule has 1 aromatic rings. The highest BCUT2D eigenvalue weighted by atomic mass is 19.1. The highest BCUT2D eigenvalue weighted by molar-refractivity contribution is 5.38. The van der Waals surface area contributed by atoms with E-state index < -0.39 is 0 Å². The molecule has 0 fully saturated rings. The summed E-state index contributed by atoms with van der Waals surface area (Å²) in [5.41, 5.74) is 1.87. The molecule has 0 aliphatic heterocycles. The maximum Gasteiger partial charge on any atom is 0.129 e. The van der Waals surface area contributed by atoms with Crippen molar-refractivity contribution >= 4 is 0 Å². The third-order valence-corrected chi connectivity index (χ3v) is 2.02. The van der Waals surface area contributed by atoms with E-state index in [9.17, 15) is 4.39 Å². The van der Waals surface area contributed by atoms with Gasteiger partial charge < -0.3 is 4.90 Å². The van der Waals surface area contributed by atoms with E-state index in [1.807, 2.05) is 32.0 Å². The summed E-state index contributed by atoms with van der Waals surface area (Å²) in [7, 11) is 3.77. The van der Waals surface area contributed by atoms with Gasteiger partial charge in [-0.05, 0) is 38.7 Å². The smallest absolute Gasteiger partial charge is 0.129 e. The molecule has 0 N–H and O–H groups in total. The minimum absolute atomic E-state index is 0.296. The van der Waals surface area contributed by atoms with Gasteiger partial charge >= 0.3 is 0 Å². The zero-order chi connectivity index (χ0) is 10.7. The Balaban J connectivity index is 3.13. The summed E-state index contributed by atoms with van der Waals surface area (Å²) in [6.07, 6.45) is 0. The fourth-order valence-electron chi connectivity index (χ4n) is 1.36. The molecule has 74 valence electrons. The summed E-state index contributed by atoms with van der Waals surface area (Å²) in [6, 6.07) is 4.93. The molecular weight excluding hydrogens is 179 g/mol. The molecule has 0 bridgehead atoms. The number of nitrogens with zero attached hydrogens (tertiary/aromatic N) is 2. The first-order valence-electron chi connectivity index (χ1n) is 4.38. The van der Waals surface area contributed by atoms with Gasteiger partial charge in [0.05, 0.1) is 11.6 Å². The van der Waals surface area contributed by atoms with Crippen LogP contribution in [0, 0.1) is 24.1 Å². The minimum Gasteiger partial charge on any atom is -0.305 e. The van der Waals surface area contributed by atoms with Gasteiger partial charge in [0.25, 0.3) is 0 Å².